The molecule has 1 atom stereocenters. The molecule has 0 fully saturated rings. The summed E-state index contributed by atoms with van der Waals surface area (Å²) in [5, 5.41) is 18.9. The van der Waals surface area contributed by atoms with Gasteiger partial charge >= 0.3 is 5.97 Å². The summed E-state index contributed by atoms with van der Waals surface area (Å²) in [5.74, 6) is -1.05. The van der Waals surface area contributed by atoms with E-state index in [9.17, 15) is 15.3 Å². The maximum Gasteiger partial charge on any atom is 0.349 e. The lowest BCUT2D eigenvalue weighted by Crippen LogP contribution is -2.15. The summed E-state index contributed by atoms with van der Waals surface area (Å²) in [7, 11) is 0. The molecule has 0 saturated heterocycles. The molecule has 136 valence electrons. The largest absolute Gasteiger partial charge is 0.460 e. The summed E-state index contributed by atoms with van der Waals surface area (Å²) < 4.78 is 5.33. The van der Waals surface area contributed by atoms with Gasteiger partial charge in [0.05, 0.1) is 12.0 Å². The third-order valence-electron chi connectivity index (χ3n) is 4.20. The number of nitrogens with zero attached hydrogens (tertiary/aromatic N) is 2. The van der Waals surface area contributed by atoms with E-state index in [1.807, 2.05) is 73.7 Å². The number of ether oxygens (including phenoxy) is 1. The molecule has 0 saturated carbocycles. The molecule has 2 aromatic rings. The standard InChI is InChI=1S/C23H22N2O2/c1-2-3-10-18(15-24)17-27-23(26)21(16-25)22(19-11-6-4-7-12-19)20-13-8-5-9-14-20/h4-9,11-14,18H,2-3,10,17H2,1H3. The molecule has 0 spiro atoms. The molecule has 0 aliphatic carbocycles. The number of carbonyl (C=O) groups excluding carboxylic acids is 1. The van der Waals surface area contributed by atoms with E-state index in [1.54, 1.807) is 0 Å². The lowest BCUT2D eigenvalue weighted by atomic mass is 9.93. The van der Waals surface area contributed by atoms with Crippen molar-refractivity contribution in [2.75, 3.05) is 6.61 Å². The Balaban J connectivity index is 2.35. The van der Waals surface area contributed by atoms with Gasteiger partial charge in [0, 0.05) is 5.57 Å². The van der Waals surface area contributed by atoms with Crippen LogP contribution in [0.15, 0.2) is 66.2 Å². The van der Waals surface area contributed by atoms with Crippen LogP contribution in [0.3, 0.4) is 0 Å². The van der Waals surface area contributed by atoms with Crippen LogP contribution in [0, 0.1) is 28.6 Å². The molecule has 4 nitrogen and oxygen atoms in total. The molecule has 0 aliphatic heterocycles. The molecule has 0 radical (unpaired) electrons. The van der Waals surface area contributed by atoms with Crippen molar-refractivity contribution < 1.29 is 9.53 Å². The lowest BCUT2D eigenvalue weighted by Gasteiger charge is -2.13. The predicted octanol–water partition coefficient (Wildman–Crippen LogP) is 4.89. The Morgan fingerprint density at radius 3 is 2.00 bits per heavy atom. The first-order valence-corrected chi connectivity index (χ1v) is 9.03. The van der Waals surface area contributed by atoms with E-state index in [2.05, 4.69) is 6.07 Å². The minimum atomic E-state index is -0.697. The smallest absolute Gasteiger partial charge is 0.349 e. The number of rotatable bonds is 8. The van der Waals surface area contributed by atoms with Crippen LogP contribution in [0.1, 0.15) is 37.3 Å². The van der Waals surface area contributed by atoms with E-state index >= 15 is 0 Å². The minimum absolute atomic E-state index is 0.00261. The molecule has 2 rings (SSSR count). The minimum Gasteiger partial charge on any atom is -0.460 e. The molecule has 27 heavy (non-hydrogen) atoms. The molecule has 4 heteroatoms. The Kier molecular flexibility index (Phi) is 7.82. The number of hydrogen-bond donors (Lipinski definition) is 0. The van der Waals surface area contributed by atoms with Crippen LogP contribution in [0.2, 0.25) is 0 Å². The fourth-order valence-corrected chi connectivity index (χ4v) is 2.75. The van der Waals surface area contributed by atoms with Crippen LogP contribution < -0.4 is 0 Å². The topological polar surface area (TPSA) is 73.9 Å². The van der Waals surface area contributed by atoms with E-state index in [0.29, 0.717) is 12.0 Å². The molecular formula is C23H22N2O2. The van der Waals surface area contributed by atoms with Crippen LogP contribution in [0.4, 0.5) is 0 Å². The average Bonchev–Trinajstić information content (AvgIpc) is 2.73. The van der Waals surface area contributed by atoms with Crippen LogP contribution in [-0.4, -0.2) is 12.6 Å². The van der Waals surface area contributed by atoms with Gasteiger partial charge in [0.15, 0.2) is 0 Å². The summed E-state index contributed by atoms with van der Waals surface area (Å²) in [6, 6.07) is 22.8. The SMILES string of the molecule is CCCCC(C#N)COC(=O)C(C#N)=C(c1ccccc1)c1ccccc1. The zero-order valence-corrected chi connectivity index (χ0v) is 15.4. The number of benzene rings is 2. The van der Waals surface area contributed by atoms with Crippen molar-refractivity contribution >= 4 is 11.5 Å². The van der Waals surface area contributed by atoms with Crippen molar-refractivity contribution in [2.45, 2.75) is 26.2 Å². The normalized spacial score (nSPS) is 10.9. The first-order chi connectivity index (χ1) is 13.2. The van der Waals surface area contributed by atoms with Crippen LogP contribution in [0.25, 0.3) is 5.57 Å². The monoisotopic (exact) mass is 358 g/mol. The first kappa shape index (κ1) is 19.9. The Hall–Kier alpha value is -3.37. The van der Waals surface area contributed by atoms with Gasteiger partial charge in [-0.05, 0) is 17.5 Å². The van der Waals surface area contributed by atoms with Crippen LogP contribution in [-0.2, 0) is 9.53 Å². The highest BCUT2D eigenvalue weighted by Crippen LogP contribution is 2.27. The lowest BCUT2D eigenvalue weighted by molar-refractivity contribution is -0.139. The predicted molar refractivity (Wildman–Crippen MR) is 104 cm³/mol. The van der Waals surface area contributed by atoms with Gasteiger partial charge in [-0.1, -0.05) is 80.4 Å². The van der Waals surface area contributed by atoms with Gasteiger partial charge in [-0.15, -0.1) is 0 Å². The van der Waals surface area contributed by atoms with Crippen molar-refractivity contribution in [2.24, 2.45) is 5.92 Å². The Bertz CT molecular complexity index is 817. The average molecular weight is 358 g/mol. The number of unbranched alkanes of at least 4 members (excludes halogenated alkanes) is 1. The van der Waals surface area contributed by atoms with Crippen molar-refractivity contribution in [3.8, 4) is 12.1 Å². The molecule has 1 unspecified atom stereocenters. The highest BCUT2D eigenvalue weighted by Gasteiger charge is 2.21. The fourth-order valence-electron chi connectivity index (χ4n) is 2.75. The number of carbonyl (C=O) groups is 1. The van der Waals surface area contributed by atoms with Gasteiger partial charge in [-0.2, -0.15) is 10.5 Å². The van der Waals surface area contributed by atoms with Gasteiger partial charge in [0.2, 0.25) is 0 Å². The summed E-state index contributed by atoms with van der Waals surface area (Å²) in [4.78, 5) is 12.6. The van der Waals surface area contributed by atoms with Crippen LogP contribution in [0.5, 0.6) is 0 Å². The molecule has 0 heterocycles. The van der Waals surface area contributed by atoms with Crippen molar-refractivity contribution in [1.29, 1.82) is 10.5 Å². The van der Waals surface area contributed by atoms with E-state index in [0.717, 1.165) is 24.0 Å². The Morgan fingerprint density at radius 2 is 1.56 bits per heavy atom. The second-order valence-corrected chi connectivity index (χ2v) is 6.16. The van der Waals surface area contributed by atoms with E-state index in [4.69, 9.17) is 4.74 Å². The summed E-state index contributed by atoms with van der Waals surface area (Å²) >= 11 is 0. The van der Waals surface area contributed by atoms with E-state index < -0.39 is 5.97 Å². The Morgan fingerprint density at radius 1 is 1.00 bits per heavy atom. The maximum atomic E-state index is 12.6. The molecule has 0 bridgehead atoms. The number of nitriles is 2. The molecule has 0 N–H and O–H groups in total. The van der Waals surface area contributed by atoms with Crippen molar-refractivity contribution in [3.63, 3.8) is 0 Å². The molecular weight excluding hydrogens is 336 g/mol. The van der Waals surface area contributed by atoms with Gasteiger partial charge in [0.1, 0.15) is 18.2 Å². The first-order valence-electron chi connectivity index (χ1n) is 9.03. The Labute approximate surface area is 160 Å². The number of esters is 1. The molecule has 2 aromatic carbocycles. The summed E-state index contributed by atoms with van der Waals surface area (Å²) in [6.07, 6.45) is 2.55. The van der Waals surface area contributed by atoms with E-state index in [-0.39, 0.29) is 18.1 Å². The van der Waals surface area contributed by atoms with Gasteiger partial charge in [0.25, 0.3) is 0 Å². The van der Waals surface area contributed by atoms with E-state index in [1.165, 1.54) is 0 Å². The highest BCUT2D eigenvalue weighted by atomic mass is 16.5. The summed E-state index contributed by atoms with van der Waals surface area (Å²) in [6.45, 7) is 2.04. The van der Waals surface area contributed by atoms with Crippen molar-refractivity contribution in [1.82, 2.24) is 0 Å². The zero-order chi connectivity index (χ0) is 19.5. The zero-order valence-electron chi connectivity index (χ0n) is 15.4. The van der Waals surface area contributed by atoms with Crippen molar-refractivity contribution in [3.05, 3.63) is 77.4 Å². The second-order valence-electron chi connectivity index (χ2n) is 6.16. The highest BCUT2D eigenvalue weighted by molar-refractivity contribution is 6.05. The maximum absolute atomic E-state index is 12.6. The quantitative estimate of drug-likeness (QED) is 0.383. The van der Waals surface area contributed by atoms with Gasteiger partial charge in [-0.3, -0.25) is 0 Å². The van der Waals surface area contributed by atoms with Crippen LogP contribution >= 0.6 is 0 Å². The molecule has 0 amide bonds. The third-order valence-corrected chi connectivity index (χ3v) is 4.20. The van der Waals surface area contributed by atoms with Gasteiger partial charge < -0.3 is 4.74 Å². The summed E-state index contributed by atoms with van der Waals surface area (Å²) in [5.41, 5.74) is 2.00. The molecule has 0 aliphatic rings. The fraction of sp³-hybridized carbons (Fsp3) is 0.261. The van der Waals surface area contributed by atoms with Gasteiger partial charge in [-0.25, -0.2) is 4.79 Å². The second kappa shape index (κ2) is 10.6. The molecule has 0 aromatic heterocycles. The number of hydrogen-bond acceptors (Lipinski definition) is 4. The third kappa shape index (κ3) is 5.56.